The summed E-state index contributed by atoms with van der Waals surface area (Å²) in [5, 5.41) is 14.6. The predicted molar refractivity (Wildman–Crippen MR) is 82.1 cm³/mol. The van der Waals surface area contributed by atoms with Crippen LogP contribution in [0.25, 0.3) is 0 Å². The minimum Gasteiger partial charge on any atom is -0.427 e. The molecule has 22 heavy (non-hydrogen) atoms. The van der Waals surface area contributed by atoms with E-state index >= 15 is 0 Å². The van der Waals surface area contributed by atoms with Crippen LogP contribution < -0.4 is 10.2 Å². The van der Waals surface area contributed by atoms with Crippen molar-refractivity contribution in [2.75, 3.05) is 5.43 Å². The number of rotatable bonds is 5. The lowest BCUT2D eigenvalue weighted by atomic mass is 10.2. The van der Waals surface area contributed by atoms with Crippen LogP contribution in [-0.4, -0.2) is 17.1 Å². The number of hydrogen-bond acceptors (Lipinski definition) is 6. The largest absolute Gasteiger partial charge is 0.427 e. The van der Waals surface area contributed by atoms with Crippen molar-refractivity contribution in [3.8, 4) is 5.75 Å². The van der Waals surface area contributed by atoms with E-state index in [0.717, 1.165) is 5.56 Å². The van der Waals surface area contributed by atoms with E-state index in [0.29, 0.717) is 11.4 Å². The third-order valence-electron chi connectivity index (χ3n) is 2.63. The molecule has 0 aromatic heterocycles. The Balaban J connectivity index is 1.94. The minimum atomic E-state index is -0.461. The van der Waals surface area contributed by atoms with Crippen LogP contribution >= 0.6 is 0 Å². The number of nitrogens with one attached hydrogen (secondary N) is 1. The van der Waals surface area contributed by atoms with Crippen molar-refractivity contribution in [2.24, 2.45) is 5.10 Å². The fourth-order valence-electron chi connectivity index (χ4n) is 1.63. The Labute approximate surface area is 126 Å². The molecule has 0 radical (unpaired) electrons. The molecule has 2 aromatic carbocycles. The molecule has 7 nitrogen and oxygen atoms in total. The molecular weight excluding hydrogens is 286 g/mol. The summed E-state index contributed by atoms with van der Waals surface area (Å²) in [5.74, 6) is 0.0919. The van der Waals surface area contributed by atoms with E-state index in [1.54, 1.807) is 42.6 Å². The zero-order valence-corrected chi connectivity index (χ0v) is 11.7. The highest BCUT2D eigenvalue weighted by molar-refractivity contribution is 5.80. The molecule has 0 atom stereocenters. The monoisotopic (exact) mass is 299 g/mol. The van der Waals surface area contributed by atoms with Crippen molar-refractivity contribution < 1.29 is 14.5 Å². The number of esters is 1. The molecule has 112 valence electrons. The lowest BCUT2D eigenvalue weighted by molar-refractivity contribution is -0.384. The first kappa shape index (κ1) is 15.2. The number of nitrogens with zero attached hydrogens (tertiary/aromatic N) is 2. The molecule has 0 aliphatic rings. The molecule has 0 heterocycles. The summed E-state index contributed by atoms with van der Waals surface area (Å²) >= 11 is 0. The van der Waals surface area contributed by atoms with Gasteiger partial charge in [-0.3, -0.25) is 20.3 Å². The van der Waals surface area contributed by atoms with Crippen molar-refractivity contribution in [1.29, 1.82) is 0 Å². The first-order valence-corrected chi connectivity index (χ1v) is 6.36. The molecule has 2 rings (SSSR count). The zero-order valence-electron chi connectivity index (χ0n) is 11.7. The Morgan fingerprint density at radius 1 is 1.18 bits per heavy atom. The second-order valence-electron chi connectivity index (χ2n) is 4.34. The SMILES string of the molecule is CC(=O)Oc1ccc(/C=N/Nc2ccc([N+](=O)[O-])cc2)cc1. The highest BCUT2D eigenvalue weighted by Crippen LogP contribution is 2.15. The van der Waals surface area contributed by atoms with Crippen LogP contribution in [0.1, 0.15) is 12.5 Å². The molecule has 0 aliphatic carbocycles. The highest BCUT2D eigenvalue weighted by atomic mass is 16.6. The Morgan fingerprint density at radius 3 is 2.36 bits per heavy atom. The maximum Gasteiger partial charge on any atom is 0.308 e. The van der Waals surface area contributed by atoms with Crippen LogP contribution in [0.15, 0.2) is 53.6 Å². The van der Waals surface area contributed by atoms with Crippen LogP contribution in [0.5, 0.6) is 5.75 Å². The number of hydrazone groups is 1. The van der Waals surface area contributed by atoms with Gasteiger partial charge in [0.05, 0.1) is 16.8 Å². The van der Waals surface area contributed by atoms with Crippen molar-refractivity contribution in [3.05, 3.63) is 64.2 Å². The number of non-ortho nitro benzene ring substituents is 1. The van der Waals surface area contributed by atoms with E-state index in [1.165, 1.54) is 19.1 Å². The maximum absolute atomic E-state index is 10.8. The average Bonchev–Trinajstić information content (AvgIpc) is 2.49. The fraction of sp³-hybridized carbons (Fsp3) is 0.0667. The van der Waals surface area contributed by atoms with E-state index in [2.05, 4.69) is 10.5 Å². The van der Waals surface area contributed by atoms with Gasteiger partial charge in [0.15, 0.2) is 0 Å². The number of nitro groups is 1. The summed E-state index contributed by atoms with van der Waals surface area (Å²) in [4.78, 5) is 20.9. The van der Waals surface area contributed by atoms with Crippen molar-refractivity contribution in [3.63, 3.8) is 0 Å². The van der Waals surface area contributed by atoms with E-state index in [-0.39, 0.29) is 11.7 Å². The lowest BCUT2D eigenvalue weighted by Crippen LogP contribution is -2.01. The molecule has 0 aliphatic heterocycles. The zero-order chi connectivity index (χ0) is 15.9. The van der Waals surface area contributed by atoms with E-state index in [4.69, 9.17) is 4.74 Å². The van der Waals surface area contributed by atoms with Gasteiger partial charge in [0, 0.05) is 19.1 Å². The molecule has 0 fully saturated rings. The number of ether oxygens (including phenoxy) is 1. The van der Waals surface area contributed by atoms with Crippen molar-refractivity contribution in [2.45, 2.75) is 6.92 Å². The molecule has 0 unspecified atom stereocenters. The van der Waals surface area contributed by atoms with Gasteiger partial charge >= 0.3 is 5.97 Å². The van der Waals surface area contributed by atoms with Crippen LogP contribution in [-0.2, 0) is 4.79 Å². The number of anilines is 1. The number of nitro benzene ring substituents is 1. The Bertz CT molecular complexity index is 694. The molecule has 7 heteroatoms. The number of hydrogen-bond donors (Lipinski definition) is 1. The van der Waals surface area contributed by atoms with Gasteiger partial charge in [0.2, 0.25) is 0 Å². The topological polar surface area (TPSA) is 93.8 Å². The quantitative estimate of drug-likeness (QED) is 0.301. The Kier molecular flexibility index (Phi) is 4.81. The van der Waals surface area contributed by atoms with Gasteiger partial charge < -0.3 is 4.74 Å². The molecule has 0 saturated carbocycles. The summed E-state index contributed by atoms with van der Waals surface area (Å²) in [6.45, 7) is 1.34. The van der Waals surface area contributed by atoms with E-state index in [9.17, 15) is 14.9 Å². The summed E-state index contributed by atoms with van der Waals surface area (Å²) in [7, 11) is 0. The maximum atomic E-state index is 10.8. The Hall–Kier alpha value is -3.22. The van der Waals surface area contributed by atoms with Gasteiger partial charge in [-0.05, 0) is 42.0 Å². The predicted octanol–water partition coefficient (Wildman–Crippen LogP) is 2.97. The normalized spacial score (nSPS) is 10.4. The molecule has 0 saturated heterocycles. The molecule has 0 bridgehead atoms. The molecule has 1 N–H and O–H groups in total. The number of carbonyl (C=O) groups is 1. The lowest BCUT2D eigenvalue weighted by Gasteiger charge is -2.01. The number of benzene rings is 2. The van der Waals surface area contributed by atoms with Gasteiger partial charge in [-0.2, -0.15) is 5.10 Å². The smallest absolute Gasteiger partial charge is 0.308 e. The van der Waals surface area contributed by atoms with Gasteiger partial charge in [-0.25, -0.2) is 0 Å². The molecule has 0 amide bonds. The minimum absolute atomic E-state index is 0.0237. The van der Waals surface area contributed by atoms with E-state index in [1.807, 2.05) is 0 Å². The van der Waals surface area contributed by atoms with Crippen molar-refractivity contribution >= 4 is 23.6 Å². The summed E-state index contributed by atoms with van der Waals surface area (Å²) < 4.78 is 4.92. The van der Waals surface area contributed by atoms with E-state index < -0.39 is 4.92 Å². The summed E-state index contributed by atoms with van der Waals surface area (Å²) in [5.41, 5.74) is 4.24. The first-order chi connectivity index (χ1) is 10.5. The molecule has 0 spiro atoms. The van der Waals surface area contributed by atoms with Crippen LogP contribution in [0.4, 0.5) is 11.4 Å². The second-order valence-corrected chi connectivity index (χ2v) is 4.34. The standard InChI is InChI=1S/C15H13N3O4/c1-11(19)22-15-8-2-12(3-9-15)10-16-17-13-4-6-14(7-5-13)18(20)21/h2-10,17H,1H3/b16-10+. The highest BCUT2D eigenvalue weighted by Gasteiger charge is 2.02. The molecule has 2 aromatic rings. The van der Waals surface area contributed by atoms with Crippen molar-refractivity contribution in [1.82, 2.24) is 0 Å². The second kappa shape index (κ2) is 6.98. The Morgan fingerprint density at radius 2 is 1.82 bits per heavy atom. The average molecular weight is 299 g/mol. The fourth-order valence-corrected chi connectivity index (χ4v) is 1.63. The number of carbonyl (C=O) groups excluding carboxylic acids is 1. The van der Waals surface area contributed by atoms with Crippen LogP contribution in [0.2, 0.25) is 0 Å². The first-order valence-electron chi connectivity index (χ1n) is 6.36. The van der Waals surface area contributed by atoms with Crippen LogP contribution in [0.3, 0.4) is 0 Å². The van der Waals surface area contributed by atoms with Gasteiger partial charge in [0.25, 0.3) is 5.69 Å². The summed E-state index contributed by atoms with van der Waals surface area (Å²) in [6, 6.07) is 12.7. The molecular formula is C15H13N3O4. The third kappa shape index (κ3) is 4.41. The van der Waals surface area contributed by atoms with Gasteiger partial charge in [0.1, 0.15) is 5.75 Å². The third-order valence-corrected chi connectivity index (χ3v) is 2.63. The van der Waals surface area contributed by atoms with Gasteiger partial charge in [-0.15, -0.1) is 0 Å². The van der Waals surface area contributed by atoms with Gasteiger partial charge in [-0.1, -0.05) is 0 Å². The summed E-state index contributed by atoms with van der Waals surface area (Å²) in [6.07, 6.45) is 1.58. The van der Waals surface area contributed by atoms with Crippen LogP contribution in [0, 0.1) is 10.1 Å².